The maximum Gasteiger partial charge on any atom is 0.0986 e. The molecule has 2 atom stereocenters. The molecular formula is C9H11ClOS2. The zero-order valence-corrected chi connectivity index (χ0v) is 9.46. The third-order valence-electron chi connectivity index (χ3n) is 2.28. The fourth-order valence-electron chi connectivity index (χ4n) is 1.57. The second-order valence-electron chi connectivity index (χ2n) is 3.15. The van der Waals surface area contributed by atoms with Crippen molar-refractivity contribution in [3.63, 3.8) is 0 Å². The first kappa shape index (κ1) is 9.84. The number of halogens is 1. The highest BCUT2D eigenvalue weighted by Crippen LogP contribution is 2.39. The summed E-state index contributed by atoms with van der Waals surface area (Å²) >= 11 is 9.30. The predicted molar refractivity (Wildman–Crippen MR) is 59.8 cm³/mol. The van der Waals surface area contributed by atoms with E-state index in [2.05, 4.69) is 0 Å². The first-order valence-corrected chi connectivity index (χ1v) is 6.62. The van der Waals surface area contributed by atoms with Crippen molar-refractivity contribution in [3.8, 4) is 0 Å². The molecule has 1 aromatic heterocycles. The van der Waals surface area contributed by atoms with E-state index in [-0.39, 0.29) is 6.10 Å². The topological polar surface area (TPSA) is 20.2 Å². The molecule has 2 rings (SSSR count). The molecule has 0 amide bonds. The molecule has 13 heavy (non-hydrogen) atoms. The Kier molecular flexibility index (Phi) is 3.19. The first-order valence-electron chi connectivity index (χ1n) is 4.31. The number of thioether (sulfide) groups is 1. The van der Waals surface area contributed by atoms with Crippen LogP contribution in [0.25, 0.3) is 0 Å². The Balaban J connectivity index is 2.12. The van der Waals surface area contributed by atoms with Crippen molar-refractivity contribution >= 4 is 34.7 Å². The molecule has 1 saturated heterocycles. The fraction of sp³-hybridized carbons (Fsp3) is 0.556. The molecule has 1 aromatic rings. The van der Waals surface area contributed by atoms with Gasteiger partial charge in [0.15, 0.2) is 0 Å². The Labute approximate surface area is 91.1 Å². The van der Waals surface area contributed by atoms with Crippen LogP contribution in [0.2, 0.25) is 4.34 Å². The van der Waals surface area contributed by atoms with Crippen LogP contribution < -0.4 is 0 Å². The lowest BCUT2D eigenvalue weighted by molar-refractivity contribution is 0.173. The van der Waals surface area contributed by atoms with E-state index in [0.717, 1.165) is 16.3 Å². The summed E-state index contributed by atoms with van der Waals surface area (Å²) < 4.78 is 0.736. The maximum absolute atomic E-state index is 9.99. The molecule has 0 saturated carbocycles. The van der Waals surface area contributed by atoms with Gasteiger partial charge in [0, 0.05) is 10.8 Å². The summed E-state index contributed by atoms with van der Waals surface area (Å²) in [6.07, 6.45) is 1.96. The van der Waals surface area contributed by atoms with Crippen molar-refractivity contribution in [1.29, 1.82) is 0 Å². The predicted octanol–water partition coefficient (Wildman–Crippen LogP) is 3.33. The van der Waals surface area contributed by atoms with Crippen molar-refractivity contribution in [2.75, 3.05) is 5.75 Å². The van der Waals surface area contributed by atoms with Gasteiger partial charge < -0.3 is 5.11 Å². The summed E-state index contributed by atoms with van der Waals surface area (Å²) in [7, 11) is 0. The molecule has 1 aliphatic heterocycles. The quantitative estimate of drug-likeness (QED) is 0.847. The summed E-state index contributed by atoms with van der Waals surface area (Å²) in [6.45, 7) is 0. The van der Waals surface area contributed by atoms with E-state index in [9.17, 15) is 5.11 Å². The van der Waals surface area contributed by atoms with E-state index in [4.69, 9.17) is 11.6 Å². The number of hydrogen-bond acceptors (Lipinski definition) is 3. The van der Waals surface area contributed by atoms with Gasteiger partial charge in [0.2, 0.25) is 0 Å². The van der Waals surface area contributed by atoms with Gasteiger partial charge >= 0.3 is 0 Å². The Morgan fingerprint density at radius 3 is 3.00 bits per heavy atom. The van der Waals surface area contributed by atoms with E-state index in [1.54, 1.807) is 0 Å². The molecule has 72 valence electrons. The van der Waals surface area contributed by atoms with Crippen LogP contribution in [0.4, 0.5) is 0 Å². The average Bonchev–Trinajstić information content (AvgIpc) is 2.72. The molecule has 0 bridgehead atoms. The van der Waals surface area contributed by atoms with Gasteiger partial charge in [-0.2, -0.15) is 11.8 Å². The normalized spacial score (nSPS) is 24.9. The number of rotatable bonds is 2. The van der Waals surface area contributed by atoms with Crippen molar-refractivity contribution in [2.45, 2.75) is 24.2 Å². The SMILES string of the molecule is OC(c1ccsc1Cl)C1CCCS1. The van der Waals surface area contributed by atoms with Gasteiger partial charge in [-0.25, -0.2) is 0 Å². The van der Waals surface area contributed by atoms with E-state index in [1.165, 1.54) is 23.5 Å². The Hall–Kier alpha value is 0.300. The monoisotopic (exact) mass is 234 g/mol. The van der Waals surface area contributed by atoms with Crippen LogP contribution in [0.1, 0.15) is 24.5 Å². The average molecular weight is 235 g/mol. The van der Waals surface area contributed by atoms with Crippen LogP contribution in [0.3, 0.4) is 0 Å². The number of aliphatic hydroxyl groups is 1. The first-order chi connectivity index (χ1) is 6.29. The third-order valence-corrected chi connectivity index (χ3v) is 4.93. The van der Waals surface area contributed by atoms with Crippen molar-refractivity contribution < 1.29 is 5.11 Å². The van der Waals surface area contributed by atoms with E-state index in [1.807, 2.05) is 23.2 Å². The molecule has 1 nitrogen and oxygen atoms in total. The Bertz CT molecular complexity index is 281. The van der Waals surface area contributed by atoms with Gasteiger partial charge in [0.1, 0.15) is 0 Å². The molecule has 1 aliphatic rings. The smallest absolute Gasteiger partial charge is 0.0986 e. The van der Waals surface area contributed by atoms with E-state index in [0.29, 0.717) is 5.25 Å². The zero-order valence-electron chi connectivity index (χ0n) is 7.07. The second-order valence-corrected chi connectivity index (χ2v) is 6.01. The minimum absolute atomic E-state index is 0.354. The molecule has 1 fully saturated rings. The van der Waals surface area contributed by atoms with Crippen LogP contribution in [-0.2, 0) is 0 Å². The third kappa shape index (κ3) is 2.04. The maximum atomic E-state index is 9.99. The molecule has 1 N–H and O–H groups in total. The minimum atomic E-state index is -0.369. The van der Waals surface area contributed by atoms with Crippen LogP contribution in [-0.4, -0.2) is 16.1 Å². The summed E-state index contributed by atoms with van der Waals surface area (Å²) in [5.41, 5.74) is 0.908. The molecule has 0 aromatic carbocycles. The number of thiophene rings is 1. The Morgan fingerprint density at radius 1 is 1.62 bits per heavy atom. The molecule has 0 spiro atoms. The van der Waals surface area contributed by atoms with Crippen LogP contribution in [0, 0.1) is 0 Å². The molecular weight excluding hydrogens is 224 g/mol. The van der Waals surface area contributed by atoms with Crippen molar-refractivity contribution in [2.24, 2.45) is 0 Å². The van der Waals surface area contributed by atoms with Crippen LogP contribution in [0.15, 0.2) is 11.4 Å². The molecule has 4 heteroatoms. The number of hydrogen-bond donors (Lipinski definition) is 1. The summed E-state index contributed by atoms with van der Waals surface area (Å²) in [5.74, 6) is 1.17. The standard InChI is InChI=1S/C9H11ClOS2/c10-9-6(3-5-13-9)8(11)7-2-1-4-12-7/h3,5,7-8,11H,1-2,4H2. The van der Waals surface area contributed by atoms with Gasteiger partial charge in [-0.05, 0) is 30.0 Å². The molecule has 2 heterocycles. The van der Waals surface area contributed by atoms with Crippen molar-refractivity contribution in [1.82, 2.24) is 0 Å². The molecule has 0 aliphatic carbocycles. The van der Waals surface area contributed by atoms with Crippen LogP contribution >= 0.6 is 34.7 Å². The summed E-state index contributed by atoms with van der Waals surface area (Å²) in [4.78, 5) is 0. The molecule has 0 radical (unpaired) electrons. The minimum Gasteiger partial charge on any atom is -0.387 e. The van der Waals surface area contributed by atoms with Gasteiger partial charge in [0.25, 0.3) is 0 Å². The summed E-state index contributed by atoms with van der Waals surface area (Å²) in [6, 6.07) is 1.93. The van der Waals surface area contributed by atoms with Gasteiger partial charge in [-0.15, -0.1) is 11.3 Å². The fourth-order valence-corrected chi connectivity index (χ4v) is 3.85. The van der Waals surface area contributed by atoms with Crippen LogP contribution in [0.5, 0.6) is 0 Å². The highest BCUT2D eigenvalue weighted by Gasteiger charge is 2.26. The Morgan fingerprint density at radius 2 is 2.46 bits per heavy atom. The molecule has 2 unspecified atom stereocenters. The van der Waals surface area contributed by atoms with E-state index < -0.39 is 0 Å². The van der Waals surface area contributed by atoms with E-state index >= 15 is 0 Å². The van der Waals surface area contributed by atoms with Gasteiger partial charge in [0.05, 0.1) is 10.4 Å². The lowest BCUT2D eigenvalue weighted by Gasteiger charge is -2.16. The van der Waals surface area contributed by atoms with Crippen molar-refractivity contribution in [3.05, 3.63) is 21.3 Å². The largest absolute Gasteiger partial charge is 0.387 e. The second kappa shape index (κ2) is 4.22. The zero-order chi connectivity index (χ0) is 9.26. The lowest BCUT2D eigenvalue weighted by Crippen LogP contribution is -2.11. The highest BCUT2D eigenvalue weighted by molar-refractivity contribution is 8.00. The lowest BCUT2D eigenvalue weighted by atomic mass is 10.1. The van der Waals surface area contributed by atoms with Gasteiger partial charge in [-0.1, -0.05) is 11.6 Å². The van der Waals surface area contributed by atoms with Gasteiger partial charge in [-0.3, -0.25) is 0 Å². The summed E-state index contributed by atoms with van der Waals surface area (Å²) in [5, 5.41) is 12.3. The highest BCUT2D eigenvalue weighted by atomic mass is 35.5. The number of aliphatic hydroxyl groups excluding tert-OH is 1.